The number of nitrogens with two attached hydrogens (primary N) is 1. The highest BCUT2D eigenvalue weighted by Crippen LogP contribution is 2.36. The molecule has 2 amide bonds. The second-order valence-corrected chi connectivity index (χ2v) is 6.68. The van der Waals surface area contributed by atoms with Gasteiger partial charge in [0.05, 0.1) is 18.7 Å². The van der Waals surface area contributed by atoms with E-state index in [1.807, 2.05) is 0 Å². The summed E-state index contributed by atoms with van der Waals surface area (Å²) in [5.74, 6) is 1.03. The molecule has 2 heterocycles. The number of rotatable bonds is 4. The lowest BCUT2D eigenvalue weighted by Gasteiger charge is -2.22. The Morgan fingerprint density at radius 2 is 1.93 bits per heavy atom. The monoisotopic (exact) mass is 419 g/mol. The standard InChI is InChI=1S/C20H21N3O5.ClH/c1-26-16-4-2-13(9-15(16)21)22-20(25)12-8-19(24)23(11-12)14-3-5-17-18(10-14)28-7-6-27-17;/h2-5,9-10,12H,6-8,11,21H2,1H3,(H,22,25);1H. The van der Waals surface area contributed by atoms with Gasteiger partial charge in [-0.15, -0.1) is 12.4 Å². The maximum absolute atomic E-state index is 12.6. The van der Waals surface area contributed by atoms with Crippen molar-refractivity contribution in [1.29, 1.82) is 0 Å². The average Bonchev–Trinajstić information content (AvgIpc) is 3.09. The number of nitrogen functional groups attached to an aromatic ring is 1. The summed E-state index contributed by atoms with van der Waals surface area (Å²) in [6, 6.07) is 10.4. The van der Waals surface area contributed by atoms with Gasteiger partial charge in [0.1, 0.15) is 19.0 Å². The number of carbonyl (C=O) groups is 2. The molecular formula is C20H22ClN3O5. The van der Waals surface area contributed by atoms with E-state index in [-0.39, 0.29) is 30.6 Å². The lowest BCUT2D eigenvalue weighted by atomic mass is 10.1. The number of hydrogen-bond acceptors (Lipinski definition) is 6. The zero-order chi connectivity index (χ0) is 19.7. The highest BCUT2D eigenvalue weighted by molar-refractivity contribution is 6.03. The Hall–Kier alpha value is -3.13. The highest BCUT2D eigenvalue weighted by atomic mass is 35.5. The third-order valence-electron chi connectivity index (χ3n) is 4.83. The van der Waals surface area contributed by atoms with Crippen LogP contribution in [-0.4, -0.2) is 38.7 Å². The van der Waals surface area contributed by atoms with Crippen molar-refractivity contribution in [3.63, 3.8) is 0 Å². The van der Waals surface area contributed by atoms with Crippen molar-refractivity contribution < 1.29 is 23.8 Å². The zero-order valence-electron chi connectivity index (χ0n) is 15.8. The fraction of sp³-hybridized carbons (Fsp3) is 0.300. The van der Waals surface area contributed by atoms with Crippen LogP contribution >= 0.6 is 12.4 Å². The molecule has 0 bridgehead atoms. The van der Waals surface area contributed by atoms with Crippen molar-refractivity contribution in [2.45, 2.75) is 6.42 Å². The molecule has 29 heavy (non-hydrogen) atoms. The number of benzene rings is 2. The van der Waals surface area contributed by atoms with Crippen molar-refractivity contribution in [1.82, 2.24) is 0 Å². The molecule has 0 spiro atoms. The summed E-state index contributed by atoms with van der Waals surface area (Å²) in [6.45, 7) is 1.28. The molecule has 1 atom stereocenters. The van der Waals surface area contributed by atoms with Crippen LogP contribution in [0.25, 0.3) is 0 Å². The average molecular weight is 420 g/mol. The number of methoxy groups -OCH3 is 1. The predicted molar refractivity (Wildman–Crippen MR) is 111 cm³/mol. The number of hydrogen-bond donors (Lipinski definition) is 2. The smallest absolute Gasteiger partial charge is 0.229 e. The molecule has 8 nitrogen and oxygen atoms in total. The Bertz CT molecular complexity index is 936. The summed E-state index contributed by atoms with van der Waals surface area (Å²) < 4.78 is 16.2. The molecule has 154 valence electrons. The molecule has 2 aromatic carbocycles. The van der Waals surface area contributed by atoms with Crippen LogP contribution in [0.1, 0.15) is 6.42 Å². The molecule has 0 saturated carbocycles. The maximum atomic E-state index is 12.6. The minimum Gasteiger partial charge on any atom is -0.495 e. The topological polar surface area (TPSA) is 103 Å². The Morgan fingerprint density at radius 3 is 2.66 bits per heavy atom. The SMILES string of the molecule is COc1ccc(NC(=O)C2CC(=O)N(c3ccc4c(c3)OCCO4)C2)cc1N.Cl. The molecule has 1 unspecified atom stereocenters. The quantitative estimate of drug-likeness (QED) is 0.738. The Labute approximate surface area is 174 Å². The number of carbonyl (C=O) groups excluding carboxylic acids is 2. The van der Waals surface area contributed by atoms with Crippen molar-refractivity contribution in [2.24, 2.45) is 5.92 Å². The first kappa shape index (κ1) is 20.6. The van der Waals surface area contributed by atoms with E-state index in [0.29, 0.717) is 54.1 Å². The van der Waals surface area contributed by atoms with Gasteiger partial charge < -0.3 is 30.2 Å². The van der Waals surface area contributed by atoms with E-state index in [4.69, 9.17) is 19.9 Å². The van der Waals surface area contributed by atoms with Gasteiger partial charge in [0, 0.05) is 30.4 Å². The van der Waals surface area contributed by atoms with Crippen molar-refractivity contribution in [3.8, 4) is 17.2 Å². The third kappa shape index (κ3) is 4.17. The van der Waals surface area contributed by atoms with E-state index >= 15 is 0 Å². The van der Waals surface area contributed by atoms with Gasteiger partial charge in [0.25, 0.3) is 0 Å². The molecule has 0 radical (unpaired) electrons. The fourth-order valence-electron chi connectivity index (χ4n) is 3.39. The molecule has 0 aliphatic carbocycles. The number of nitrogens with zero attached hydrogens (tertiary/aromatic N) is 1. The molecule has 9 heteroatoms. The van der Waals surface area contributed by atoms with Crippen LogP contribution in [0.2, 0.25) is 0 Å². The summed E-state index contributed by atoms with van der Waals surface area (Å²) in [5.41, 5.74) is 7.56. The predicted octanol–water partition coefficient (Wildman–Crippen LogP) is 2.46. The van der Waals surface area contributed by atoms with Crippen molar-refractivity contribution in [2.75, 3.05) is 42.8 Å². The van der Waals surface area contributed by atoms with Crippen LogP contribution in [0.4, 0.5) is 17.1 Å². The molecule has 1 saturated heterocycles. The number of amides is 2. The zero-order valence-corrected chi connectivity index (χ0v) is 16.7. The first-order valence-electron chi connectivity index (χ1n) is 8.99. The molecule has 2 aliphatic heterocycles. The first-order valence-corrected chi connectivity index (χ1v) is 8.99. The minimum absolute atomic E-state index is 0. The van der Waals surface area contributed by atoms with Crippen LogP contribution < -0.4 is 30.2 Å². The molecule has 4 rings (SSSR count). The van der Waals surface area contributed by atoms with Gasteiger partial charge >= 0.3 is 0 Å². The first-order chi connectivity index (χ1) is 13.5. The number of anilines is 3. The van der Waals surface area contributed by atoms with Gasteiger partial charge in [0.2, 0.25) is 11.8 Å². The second kappa shape index (κ2) is 8.48. The van der Waals surface area contributed by atoms with Gasteiger partial charge in [-0.2, -0.15) is 0 Å². The largest absolute Gasteiger partial charge is 0.495 e. The minimum atomic E-state index is -0.455. The van der Waals surface area contributed by atoms with E-state index < -0.39 is 5.92 Å². The van der Waals surface area contributed by atoms with Crippen LogP contribution in [0, 0.1) is 5.92 Å². The van der Waals surface area contributed by atoms with Crippen molar-refractivity contribution >= 4 is 41.3 Å². The van der Waals surface area contributed by atoms with Crippen LogP contribution in [0.15, 0.2) is 36.4 Å². The molecular weight excluding hydrogens is 398 g/mol. The van der Waals surface area contributed by atoms with E-state index in [2.05, 4.69) is 5.32 Å². The van der Waals surface area contributed by atoms with Gasteiger partial charge in [-0.3, -0.25) is 9.59 Å². The van der Waals surface area contributed by atoms with Gasteiger partial charge in [-0.1, -0.05) is 0 Å². The van der Waals surface area contributed by atoms with Gasteiger partial charge in [-0.25, -0.2) is 0 Å². The number of halogens is 1. The molecule has 0 aromatic heterocycles. The van der Waals surface area contributed by atoms with Crippen molar-refractivity contribution in [3.05, 3.63) is 36.4 Å². The van der Waals surface area contributed by atoms with E-state index in [1.54, 1.807) is 41.3 Å². The number of ether oxygens (including phenoxy) is 3. The summed E-state index contributed by atoms with van der Waals surface area (Å²) in [5, 5.41) is 2.82. The van der Waals surface area contributed by atoms with Crippen LogP contribution in [0.5, 0.6) is 17.2 Å². The van der Waals surface area contributed by atoms with E-state index in [0.717, 1.165) is 0 Å². The Balaban J connectivity index is 0.00000240. The lowest BCUT2D eigenvalue weighted by Crippen LogP contribution is -2.28. The lowest BCUT2D eigenvalue weighted by molar-refractivity contribution is -0.122. The summed E-state index contributed by atoms with van der Waals surface area (Å²) in [4.78, 5) is 26.7. The van der Waals surface area contributed by atoms with E-state index in [1.165, 1.54) is 7.11 Å². The highest BCUT2D eigenvalue weighted by Gasteiger charge is 2.35. The summed E-state index contributed by atoms with van der Waals surface area (Å²) in [6.07, 6.45) is 0.145. The Kier molecular flexibility index (Phi) is 6.03. The number of nitrogens with one attached hydrogen (secondary N) is 1. The van der Waals surface area contributed by atoms with Gasteiger partial charge in [0.15, 0.2) is 11.5 Å². The van der Waals surface area contributed by atoms with Crippen LogP contribution in [0.3, 0.4) is 0 Å². The van der Waals surface area contributed by atoms with Crippen LogP contribution in [-0.2, 0) is 9.59 Å². The molecule has 3 N–H and O–H groups in total. The molecule has 2 aromatic rings. The normalized spacial score (nSPS) is 17.5. The molecule has 1 fully saturated rings. The van der Waals surface area contributed by atoms with Gasteiger partial charge in [-0.05, 0) is 30.3 Å². The summed E-state index contributed by atoms with van der Waals surface area (Å²) >= 11 is 0. The fourth-order valence-corrected chi connectivity index (χ4v) is 3.39. The maximum Gasteiger partial charge on any atom is 0.229 e. The second-order valence-electron chi connectivity index (χ2n) is 6.68. The number of fused-ring (bicyclic) bond motifs is 1. The van der Waals surface area contributed by atoms with E-state index in [9.17, 15) is 9.59 Å². The molecule has 2 aliphatic rings. The summed E-state index contributed by atoms with van der Waals surface area (Å²) in [7, 11) is 1.53. The Morgan fingerprint density at radius 1 is 1.17 bits per heavy atom. The third-order valence-corrected chi connectivity index (χ3v) is 4.83.